The molecule has 5 heterocycles. The molecule has 93 heavy (non-hydrogen) atoms. The van der Waals surface area contributed by atoms with Gasteiger partial charge < -0.3 is 13.6 Å². The van der Waals surface area contributed by atoms with E-state index in [1.807, 2.05) is 24.3 Å². The molecule has 432 valence electrons. The number of thiophene rings is 2. The zero-order valence-corrected chi connectivity index (χ0v) is 51.5. The lowest BCUT2D eigenvalue weighted by atomic mass is 9.77. The summed E-state index contributed by atoms with van der Waals surface area (Å²) in [6.07, 6.45) is 0. The highest BCUT2D eigenvalue weighted by molar-refractivity contribution is 7.26. The van der Waals surface area contributed by atoms with Crippen LogP contribution in [0.4, 0.5) is 0 Å². The molecule has 0 spiro atoms. The fourth-order valence-electron chi connectivity index (χ4n) is 14.6. The molecule has 0 bridgehead atoms. The fraction of sp³-hybridized carbons (Fsp3) is 0. The Balaban J connectivity index is 0.913. The number of aromatic nitrogens is 3. The minimum atomic E-state index is 0.431. The Morgan fingerprint density at radius 3 is 1.20 bits per heavy atom. The number of para-hydroxylation sites is 4. The van der Waals surface area contributed by atoms with E-state index in [2.05, 4.69) is 294 Å². The first-order valence-corrected chi connectivity index (χ1v) is 32.9. The van der Waals surface area contributed by atoms with Crippen LogP contribution in [0.5, 0.6) is 0 Å². The number of hydrogen-bond donors (Lipinski definition) is 0. The lowest BCUT2D eigenvalue weighted by Crippen LogP contribution is -2.03. The molecule has 0 fully saturated rings. The van der Waals surface area contributed by atoms with Crippen molar-refractivity contribution in [2.24, 2.45) is 0 Å². The van der Waals surface area contributed by atoms with Crippen LogP contribution in [0.15, 0.2) is 308 Å². The van der Waals surface area contributed by atoms with Crippen LogP contribution in [0.25, 0.3) is 185 Å². The summed E-state index contributed by atoms with van der Waals surface area (Å²) in [4.78, 5) is 5.44. The molecule has 0 N–H and O–H groups in total. The van der Waals surface area contributed by atoms with E-state index in [0.717, 1.165) is 99.8 Å². The molecule has 0 unspecified atom stereocenters. The summed E-state index contributed by atoms with van der Waals surface area (Å²) < 4.78 is 16.7. The number of nitrogens with zero attached hydrogens (tertiary/aromatic N) is 4. The van der Waals surface area contributed by atoms with Gasteiger partial charge in [0.1, 0.15) is 11.6 Å². The van der Waals surface area contributed by atoms with E-state index >= 15 is 0 Å². The molecule has 0 amide bonds. The van der Waals surface area contributed by atoms with Crippen molar-refractivity contribution in [3.63, 3.8) is 0 Å². The van der Waals surface area contributed by atoms with Gasteiger partial charge in [-0.15, -0.1) is 22.7 Å². The molecule has 0 aliphatic heterocycles. The van der Waals surface area contributed by atoms with Crippen LogP contribution >= 0.6 is 22.7 Å². The van der Waals surface area contributed by atoms with E-state index in [1.54, 1.807) is 22.7 Å². The molecule has 19 aromatic rings. The Kier molecular flexibility index (Phi) is 12.0. The van der Waals surface area contributed by atoms with Gasteiger partial charge in [-0.1, -0.05) is 194 Å². The highest BCUT2D eigenvalue weighted by Gasteiger charge is 2.32. The molecule has 14 aromatic carbocycles. The van der Waals surface area contributed by atoms with Crippen molar-refractivity contribution < 1.29 is 4.42 Å². The van der Waals surface area contributed by atoms with E-state index in [4.69, 9.17) is 9.40 Å². The maximum atomic E-state index is 12.5. The number of benzene rings is 14. The average molecular weight is 1220 g/mol. The first-order valence-electron chi connectivity index (χ1n) is 31.3. The molecule has 5 nitrogen and oxygen atoms in total. The Labute approximate surface area is 542 Å². The summed E-state index contributed by atoms with van der Waals surface area (Å²) in [6.45, 7) is 0. The smallest absolute Gasteiger partial charge is 0.228 e. The zero-order valence-electron chi connectivity index (χ0n) is 49.9. The molecule has 0 saturated carbocycles. The van der Waals surface area contributed by atoms with Gasteiger partial charge in [0.05, 0.1) is 33.2 Å². The minimum absolute atomic E-state index is 0.431. The number of oxazole rings is 1. The van der Waals surface area contributed by atoms with Gasteiger partial charge in [-0.05, 0) is 159 Å². The van der Waals surface area contributed by atoms with Crippen LogP contribution in [0.1, 0.15) is 5.56 Å². The van der Waals surface area contributed by atoms with E-state index in [9.17, 15) is 5.26 Å². The average Bonchev–Trinajstić information content (AvgIpc) is 1.54. The van der Waals surface area contributed by atoms with Crippen LogP contribution in [-0.4, -0.2) is 14.1 Å². The van der Waals surface area contributed by atoms with E-state index in [-0.39, 0.29) is 0 Å². The molecule has 0 radical (unpaired) electrons. The van der Waals surface area contributed by atoms with E-state index in [0.29, 0.717) is 17.0 Å². The van der Waals surface area contributed by atoms with Gasteiger partial charge >= 0.3 is 0 Å². The molecule has 5 aromatic heterocycles. The van der Waals surface area contributed by atoms with Gasteiger partial charge in [0.25, 0.3) is 0 Å². The van der Waals surface area contributed by atoms with Crippen molar-refractivity contribution in [1.82, 2.24) is 14.1 Å². The molecule has 0 aliphatic rings. The molecular formula is C86H50N4OS2. The predicted octanol–water partition coefficient (Wildman–Crippen LogP) is 24.3. The summed E-state index contributed by atoms with van der Waals surface area (Å²) >= 11 is 3.58. The van der Waals surface area contributed by atoms with Crippen molar-refractivity contribution in [3.05, 3.63) is 309 Å². The predicted molar refractivity (Wildman–Crippen MR) is 391 cm³/mol. The molecule has 0 atom stereocenters. The van der Waals surface area contributed by atoms with Crippen molar-refractivity contribution in [1.29, 1.82) is 5.26 Å². The van der Waals surface area contributed by atoms with Gasteiger partial charge in [-0.2, -0.15) is 5.26 Å². The quantitative estimate of drug-likeness (QED) is 0.145. The number of nitriles is 1. The first-order chi connectivity index (χ1) is 46.1. The lowest BCUT2D eigenvalue weighted by Gasteiger charge is -2.25. The van der Waals surface area contributed by atoms with Crippen molar-refractivity contribution in [3.8, 4) is 95.7 Å². The Bertz CT molecular complexity index is 6260. The van der Waals surface area contributed by atoms with Crippen LogP contribution in [0.3, 0.4) is 0 Å². The van der Waals surface area contributed by atoms with E-state index < -0.39 is 0 Å². The molecule has 0 aliphatic carbocycles. The number of rotatable bonds is 9. The van der Waals surface area contributed by atoms with Crippen LogP contribution < -0.4 is 0 Å². The normalized spacial score (nSPS) is 11.9. The van der Waals surface area contributed by atoms with Gasteiger partial charge in [-0.25, -0.2) is 4.98 Å². The summed E-state index contributed by atoms with van der Waals surface area (Å²) in [7, 11) is 0. The van der Waals surface area contributed by atoms with Crippen LogP contribution in [-0.2, 0) is 0 Å². The van der Waals surface area contributed by atoms with Crippen LogP contribution in [0, 0.1) is 11.3 Å². The Hall–Kier alpha value is -11.9. The Morgan fingerprint density at radius 1 is 0.290 bits per heavy atom. The van der Waals surface area contributed by atoms with Gasteiger partial charge in [0.2, 0.25) is 5.89 Å². The van der Waals surface area contributed by atoms with Crippen LogP contribution in [0.2, 0.25) is 0 Å². The maximum Gasteiger partial charge on any atom is 0.228 e. The number of hydrogen-bond acceptors (Lipinski definition) is 5. The third-order valence-electron chi connectivity index (χ3n) is 18.8. The summed E-state index contributed by atoms with van der Waals surface area (Å²) in [5.41, 5.74) is 20.9. The first kappa shape index (κ1) is 53.0. The second kappa shape index (κ2) is 21.1. The third-order valence-corrected chi connectivity index (χ3v) is 21.1. The monoisotopic (exact) mass is 1220 g/mol. The van der Waals surface area contributed by atoms with Crippen molar-refractivity contribution in [2.45, 2.75) is 0 Å². The SMILES string of the molecule is N#Cc1c(-c2ccc(-n3c4ccccc4c4cc(-c5ccccc5)ccc43)cc2)c(-c2ccc3sc4ccccc4c3c2)c(-c2ccc(-n3c4ccccc4c4cc(-c5ccccc5)ccc43)cc2)c(-c2nc3ccccc3o2)c1-c1ccc2sc3ccccc3c2c1. The molecule has 0 saturated heterocycles. The van der Waals surface area contributed by atoms with Gasteiger partial charge in [0, 0.05) is 90.0 Å². The van der Waals surface area contributed by atoms with Crippen molar-refractivity contribution >= 4 is 118 Å². The van der Waals surface area contributed by atoms with Gasteiger partial charge in [-0.3, -0.25) is 0 Å². The third kappa shape index (κ3) is 8.40. The van der Waals surface area contributed by atoms with Crippen molar-refractivity contribution in [2.75, 3.05) is 0 Å². The topological polar surface area (TPSA) is 59.7 Å². The summed E-state index contributed by atoms with van der Waals surface area (Å²) in [6, 6.07) is 112. The molecule has 7 heteroatoms. The van der Waals surface area contributed by atoms with Gasteiger partial charge in [0.15, 0.2) is 5.58 Å². The molecule has 19 rings (SSSR count). The standard InChI is InChI=1S/C86H50N4OS2/c87-51-70-81(54-31-39-60(40-32-54)89-72-26-12-7-21-62(72)66-47-56(35-43-74(66)89)52-17-3-1-4-18-52)84(59-38-46-80-69(50-59)65-24-10-16-30-78(65)93-80)83(55-33-41-61(42-34-55)90-73-27-13-8-22-63(73)67-48-57(36-44-75(67)90)53-19-5-2-6-20-53)85(86-88-71-25-11-14-28-76(71)91-86)82(70)58-37-45-79-68(49-58)64-23-9-15-29-77(64)92-79/h1-50H. The second-order valence-electron chi connectivity index (χ2n) is 24.0. The highest BCUT2D eigenvalue weighted by atomic mass is 32.1. The minimum Gasteiger partial charge on any atom is -0.436 e. The number of fused-ring (bicyclic) bond motifs is 13. The van der Waals surface area contributed by atoms with E-state index in [1.165, 1.54) is 73.4 Å². The molecular weight excluding hydrogens is 1170 g/mol. The Morgan fingerprint density at radius 2 is 0.677 bits per heavy atom. The summed E-state index contributed by atoms with van der Waals surface area (Å²) in [5.74, 6) is 0.431. The maximum absolute atomic E-state index is 12.5. The lowest BCUT2D eigenvalue weighted by molar-refractivity contribution is 0.620. The zero-order chi connectivity index (χ0) is 61.3. The second-order valence-corrected chi connectivity index (χ2v) is 26.1. The highest BCUT2D eigenvalue weighted by Crippen LogP contribution is 2.55. The summed E-state index contributed by atoms with van der Waals surface area (Å²) in [5, 5.41) is 21.9. The largest absolute Gasteiger partial charge is 0.436 e. The fourth-order valence-corrected chi connectivity index (χ4v) is 16.8.